The molecule has 6 heteroatoms. The Bertz CT molecular complexity index is 425. The lowest BCUT2D eigenvalue weighted by atomic mass is 10.2. The van der Waals surface area contributed by atoms with Crippen molar-refractivity contribution in [2.24, 2.45) is 5.92 Å². The summed E-state index contributed by atoms with van der Waals surface area (Å²) in [6, 6.07) is -0.120. The highest BCUT2D eigenvalue weighted by Gasteiger charge is 2.12. The summed E-state index contributed by atoms with van der Waals surface area (Å²) >= 11 is 0. The number of aliphatic hydroxyl groups is 1. The van der Waals surface area contributed by atoms with Gasteiger partial charge in [0.05, 0.1) is 12.6 Å². The van der Waals surface area contributed by atoms with E-state index in [1.54, 1.807) is 24.1 Å². The second kappa shape index (κ2) is 7.91. The van der Waals surface area contributed by atoms with Crippen LogP contribution in [0.2, 0.25) is 0 Å². The lowest BCUT2D eigenvalue weighted by Crippen LogP contribution is -2.32. The van der Waals surface area contributed by atoms with Crippen molar-refractivity contribution in [2.45, 2.75) is 32.9 Å². The van der Waals surface area contributed by atoms with Crippen molar-refractivity contribution < 1.29 is 9.84 Å². The summed E-state index contributed by atoms with van der Waals surface area (Å²) in [5, 5.41) is 12.0. The van der Waals surface area contributed by atoms with Gasteiger partial charge in [0, 0.05) is 32.7 Å². The second-order valence-corrected chi connectivity index (χ2v) is 4.94. The number of ether oxygens (including phenoxy) is 1. The highest BCUT2D eigenvalue weighted by Crippen LogP contribution is 2.03. The van der Waals surface area contributed by atoms with E-state index in [4.69, 9.17) is 9.84 Å². The molecular weight excluding hydrogens is 246 g/mol. The monoisotopic (exact) mass is 269 g/mol. The second-order valence-electron chi connectivity index (χ2n) is 4.94. The minimum atomic E-state index is -0.143. The molecule has 0 saturated carbocycles. The molecule has 0 fully saturated rings. The van der Waals surface area contributed by atoms with Crippen LogP contribution in [0.1, 0.15) is 20.3 Å². The number of nitrogens with one attached hydrogen (secondary N) is 1. The normalized spacial score (nSPS) is 12.7. The molecule has 0 aromatic carbocycles. The Labute approximate surface area is 113 Å². The number of hydrogen-bond donors (Lipinski definition) is 2. The van der Waals surface area contributed by atoms with E-state index >= 15 is 0 Å². The highest BCUT2D eigenvalue weighted by atomic mass is 16.5. The molecule has 0 aliphatic rings. The molecule has 6 nitrogen and oxygen atoms in total. The molecule has 0 bridgehead atoms. The van der Waals surface area contributed by atoms with Gasteiger partial charge in [-0.15, -0.1) is 0 Å². The molecule has 0 spiro atoms. The van der Waals surface area contributed by atoms with Crippen LogP contribution < -0.4 is 10.9 Å². The summed E-state index contributed by atoms with van der Waals surface area (Å²) in [6.45, 7) is 5.22. The fraction of sp³-hybridized carbons (Fsp3) is 0.692. The minimum absolute atomic E-state index is 0.0358. The predicted molar refractivity (Wildman–Crippen MR) is 74.3 cm³/mol. The van der Waals surface area contributed by atoms with E-state index in [-0.39, 0.29) is 18.2 Å². The zero-order valence-electron chi connectivity index (χ0n) is 11.8. The molecule has 19 heavy (non-hydrogen) atoms. The smallest absolute Gasteiger partial charge is 0.293 e. The van der Waals surface area contributed by atoms with Gasteiger partial charge < -0.3 is 19.7 Å². The standard InChI is InChI=1S/C13H23N3O3/c1-10(2)8-16-6-5-14-12(13(16)18)15-11(4-7-17)9-19-3/h5-6,10-11,17H,4,7-9H2,1-3H3,(H,14,15). The number of anilines is 1. The van der Waals surface area contributed by atoms with Crippen LogP contribution in [-0.2, 0) is 11.3 Å². The van der Waals surface area contributed by atoms with Crippen LogP contribution in [0.4, 0.5) is 5.82 Å². The Kier molecular flexibility index (Phi) is 6.52. The Morgan fingerprint density at radius 2 is 2.26 bits per heavy atom. The van der Waals surface area contributed by atoms with Gasteiger partial charge in [-0.3, -0.25) is 4.79 Å². The lowest BCUT2D eigenvalue weighted by molar-refractivity contribution is 0.170. The summed E-state index contributed by atoms with van der Waals surface area (Å²) in [6.07, 6.45) is 3.80. The lowest BCUT2D eigenvalue weighted by Gasteiger charge is -2.18. The molecule has 1 aromatic heterocycles. The van der Waals surface area contributed by atoms with Gasteiger partial charge in [0.25, 0.3) is 5.56 Å². The largest absolute Gasteiger partial charge is 0.396 e. The molecule has 0 radical (unpaired) electrons. The van der Waals surface area contributed by atoms with Crippen molar-refractivity contribution in [3.63, 3.8) is 0 Å². The average molecular weight is 269 g/mol. The maximum Gasteiger partial charge on any atom is 0.293 e. The van der Waals surface area contributed by atoms with Crippen molar-refractivity contribution in [1.29, 1.82) is 0 Å². The summed E-state index contributed by atoms with van der Waals surface area (Å²) in [5.41, 5.74) is -0.143. The van der Waals surface area contributed by atoms with Crippen LogP contribution >= 0.6 is 0 Å². The minimum Gasteiger partial charge on any atom is -0.396 e. The molecule has 1 heterocycles. The van der Waals surface area contributed by atoms with Gasteiger partial charge >= 0.3 is 0 Å². The Morgan fingerprint density at radius 1 is 1.53 bits per heavy atom. The molecule has 0 amide bonds. The maximum absolute atomic E-state index is 12.2. The topological polar surface area (TPSA) is 76.4 Å². The van der Waals surface area contributed by atoms with Gasteiger partial charge in [-0.25, -0.2) is 4.98 Å². The van der Waals surface area contributed by atoms with Crippen LogP contribution in [0, 0.1) is 5.92 Å². The van der Waals surface area contributed by atoms with Gasteiger partial charge in [0.2, 0.25) is 0 Å². The molecule has 1 unspecified atom stereocenters. The van der Waals surface area contributed by atoms with Gasteiger partial charge in [-0.2, -0.15) is 0 Å². The van der Waals surface area contributed by atoms with E-state index in [1.807, 2.05) is 0 Å². The first-order valence-electron chi connectivity index (χ1n) is 6.50. The zero-order chi connectivity index (χ0) is 14.3. The zero-order valence-corrected chi connectivity index (χ0v) is 11.8. The molecular formula is C13H23N3O3. The SMILES string of the molecule is COCC(CCO)Nc1nccn(CC(C)C)c1=O. The molecule has 0 aliphatic carbocycles. The van der Waals surface area contributed by atoms with E-state index in [1.165, 1.54) is 0 Å². The Balaban J connectivity index is 2.85. The number of methoxy groups -OCH3 is 1. The van der Waals surface area contributed by atoms with E-state index in [2.05, 4.69) is 24.1 Å². The highest BCUT2D eigenvalue weighted by molar-refractivity contribution is 5.32. The Hall–Kier alpha value is -1.40. The Morgan fingerprint density at radius 3 is 2.84 bits per heavy atom. The van der Waals surface area contributed by atoms with Crippen LogP contribution in [0.25, 0.3) is 0 Å². The van der Waals surface area contributed by atoms with E-state index in [0.717, 1.165) is 0 Å². The van der Waals surface area contributed by atoms with Gasteiger partial charge in [0.1, 0.15) is 0 Å². The van der Waals surface area contributed by atoms with Crippen molar-refractivity contribution in [2.75, 3.05) is 25.6 Å². The average Bonchev–Trinajstić information content (AvgIpc) is 2.34. The van der Waals surface area contributed by atoms with Crippen molar-refractivity contribution in [3.05, 3.63) is 22.7 Å². The summed E-state index contributed by atoms with van der Waals surface area (Å²) in [7, 11) is 1.58. The summed E-state index contributed by atoms with van der Waals surface area (Å²) in [5.74, 6) is 0.693. The number of rotatable bonds is 8. The third kappa shape index (κ3) is 5.00. The van der Waals surface area contributed by atoms with E-state index in [9.17, 15) is 4.79 Å². The number of aromatic nitrogens is 2. The quantitative estimate of drug-likeness (QED) is 0.727. The van der Waals surface area contributed by atoms with Crippen LogP contribution in [0.5, 0.6) is 0 Å². The summed E-state index contributed by atoms with van der Waals surface area (Å²) < 4.78 is 6.69. The molecule has 2 N–H and O–H groups in total. The molecule has 1 aromatic rings. The van der Waals surface area contributed by atoms with Gasteiger partial charge in [0.15, 0.2) is 5.82 Å². The summed E-state index contributed by atoms with van der Waals surface area (Å²) in [4.78, 5) is 16.3. The number of hydrogen-bond acceptors (Lipinski definition) is 5. The third-order valence-electron chi connectivity index (χ3n) is 2.66. The maximum atomic E-state index is 12.2. The molecule has 1 rings (SSSR count). The van der Waals surface area contributed by atoms with Crippen molar-refractivity contribution in [1.82, 2.24) is 9.55 Å². The first kappa shape index (κ1) is 15.7. The number of nitrogens with zero attached hydrogens (tertiary/aromatic N) is 2. The molecule has 0 aliphatic heterocycles. The van der Waals surface area contributed by atoms with Crippen molar-refractivity contribution in [3.8, 4) is 0 Å². The predicted octanol–water partition coefficient (Wildman–Crippen LogP) is 0.709. The molecule has 1 atom stereocenters. The third-order valence-corrected chi connectivity index (χ3v) is 2.66. The molecule has 108 valence electrons. The van der Waals surface area contributed by atoms with E-state index in [0.29, 0.717) is 31.3 Å². The van der Waals surface area contributed by atoms with E-state index < -0.39 is 0 Å². The van der Waals surface area contributed by atoms with Gasteiger partial charge in [-0.1, -0.05) is 13.8 Å². The number of aliphatic hydroxyl groups excluding tert-OH is 1. The van der Waals surface area contributed by atoms with Gasteiger partial charge in [-0.05, 0) is 12.3 Å². The first-order valence-corrected chi connectivity index (χ1v) is 6.50. The van der Waals surface area contributed by atoms with Crippen molar-refractivity contribution >= 4 is 5.82 Å². The van der Waals surface area contributed by atoms with Crippen LogP contribution in [0.15, 0.2) is 17.2 Å². The fourth-order valence-electron chi connectivity index (χ4n) is 1.83. The van der Waals surface area contributed by atoms with Crippen LogP contribution in [0.3, 0.4) is 0 Å². The van der Waals surface area contributed by atoms with Crippen LogP contribution in [-0.4, -0.2) is 41.0 Å². The first-order chi connectivity index (χ1) is 9.08. The fourth-order valence-corrected chi connectivity index (χ4v) is 1.83. The molecule has 0 saturated heterocycles.